The molecule has 0 bridgehead atoms. The average Bonchev–Trinajstić information content (AvgIpc) is 2.50. The molecule has 4 nitrogen and oxygen atoms in total. The molecule has 1 aliphatic heterocycles. The van der Waals surface area contributed by atoms with Gasteiger partial charge in [-0.15, -0.1) is 0 Å². The largest absolute Gasteiger partial charge is 0.444 e. The average molecular weight is 213 g/mol. The molecule has 0 aliphatic carbocycles. The summed E-state index contributed by atoms with van der Waals surface area (Å²) in [7, 11) is 0. The number of aliphatic hydroxyl groups is 1. The zero-order chi connectivity index (χ0) is 11.5. The number of rotatable bonds is 1. The van der Waals surface area contributed by atoms with E-state index in [2.05, 4.69) is 0 Å². The molecular formula is C11H19NO3. The van der Waals surface area contributed by atoms with E-state index in [1.165, 1.54) is 0 Å². The maximum atomic E-state index is 11.6. The summed E-state index contributed by atoms with van der Waals surface area (Å²) in [6, 6.07) is 0. The summed E-state index contributed by atoms with van der Waals surface area (Å²) < 4.78 is 5.25. The lowest BCUT2D eigenvalue weighted by molar-refractivity contribution is 0.0299. The van der Waals surface area contributed by atoms with Crippen LogP contribution in [-0.2, 0) is 4.74 Å². The van der Waals surface area contributed by atoms with Crippen molar-refractivity contribution in [1.29, 1.82) is 0 Å². The molecular weight excluding hydrogens is 194 g/mol. The lowest BCUT2D eigenvalue weighted by atomic mass is 10.2. The van der Waals surface area contributed by atoms with Crippen molar-refractivity contribution in [3.63, 3.8) is 0 Å². The standard InChI is InChI=1S/C11H19NO3/c1-11(2,3)15-10(14)12-6-4-9(8-12)5-7-13/h5,13H,4,6-8H2,1-3H3. The van der Waals surface area contributed by atoms with E-state index in [1.807, 2.05) is 20.8 Å². The molecule has 0 aromatic carbocycles. The highest BCUT2D eigenvalue weighted by Gasteiger charge is 2.26. The third-order valence-electron chi connectivity index (χ3n) is 2.13. The van der Waals surface area contributed by atoms with Gasteiger partial charge in [0.15, 0.2) is 0 Å². The Morgan fingerprint density at radius 1 is 1.60 bits per heavy atom. The summed E-state index contributed by atoms with van der Waals surface area (Å²) >= 11 is 0. The molecule has 0 aromatic heterocycles. The van der Waals surface area contributed by atoms with Gasteiger partial charge in [0.2, 0.25) is 0 Å². The summed E-state index contributed by atoms with van der Waals surface area (Å²) in [5.41, 5.74) is 0.656. The number of hydrogen-bond acceptors (Lipinski definition) is 3. The molecule has 0 atom stereocenters. The van der Waals surface area contributed by atoms with E-state index in [4.69, 9.17) is 9.84 Å². The number of carbonyl (C=O) groups is 1. The second kappa shape index (κ2) is 4.66. The molecule has 1 aliphatic rings. The molecule has 15 heavy (non-hydrogen) atoms. The van der Waals surface area contributed by atoms with Crippen LogP contribution in [0.4, 0.5) is 4.79 Å². The van der Waals surface area contributed by atoms with Crippen molar-refractivity contribution in [2.45, 2.75) is 32.8 Å². The first-order valence-electron chi connectivity index (χ1n) is 5.19. The van der Waals surface area contributed by atoms with Crippen molar-refractivity contribution in [2.24, 2.45) is 0 Å². The first-order valence-corrected chi connectivity index (χ1v) is 5.19. The Morgan fingerprint density at radius 2 is 2.27 bits per heavy atom. The molecule has 0 saturated carbocycles. The number of ether oxygens (including phenoxy) is 1. The SMILES string of the molecule is CC(C)(C)OC(=O)N1CCC(=CCO)C1. The third-order valence-corrected chi connectivity index (χ3v) is 2.13. The first-order chi connectivity index (χ1) is 6.92. The fourth-order valence-corrected chi connectivity index (χ4v) is 1.46. The molecule has 0 radical (unpaired) electrons. The lowest BCUT2D eigenvalue weighted by Crippen LogP contribution is -2.34. The Balaban J connectivity index is 2.47. The van der Waals surface area contributed by atoms with E-state index in [9.17, 15) is 4.79 Å². The summed E-state index contributed by atoms with van der Waals surface area (Å²) in [6.45, 7) is 6.86. The van der Waals surface area contributed by atoms with Crippen LogP contribution in [0, 0.1) is 0 Å². The summed E-state index contributed by atoms with van der Waals surface area (Å²) in [5, 5.41) is 8.73. The third kappa shape index (κ3) is 3.91. The van der Waals surface area contributed by atoms with Crippen molar-refractivity contribution < 1.29 is 14.6 Å². The number of aliphatic hydroxyl groups excluding tert-OH is 1. The normalized spacial score (nSPS) is 19.7. The first kappa shape index (κ1) is 12.0. The highest BCUT2D eigenvalue weighted by Crippen LogP contribution is 2.18. The molecule has 4 heteroatoms. The van der Waals surface area contributed by atoms with E-state index in [-0.39, 0.29) is 12.7 Å². The molecule has 1 saturated heterocycles. The number of nitrogens with zero attached hydrogens (tertiary/aromatic N) is 1. The zero-order valence-electron chi connectivity index (χ0n) is 9.62. The Kier molecular flexibility index (Phi) is 3.74. The topological polar surface area (TPSA) is 49.8 Å². The smallest absolute Gasteiger partial charge is 0.410 e. The molecule has 1 fully saturated rings. The van der Waals surface area contributed by atoms with Gasteiger partial charge in [0.25, 0.3) is 0 Å². The predicted octanol–water partition coefficient (Wildman–Crippen LogP) is 1.55. The van der Waals surface area contributed by atoms with Crippen LogP contribution in [0.3, 0.4) is 0 Å². The number of amides is 1. The van der Waals surface area contributed by atoms with Crippen molar-refractivity contribution in [3.8, 4) is 0 Å². The van der Waals surface area contributed by atoms with Gasteiger partial charge in [0.05, 0.1) is 6.61 Å². The molecule has 0 aromatic rings. The summed E-state index contributed by atoms with van der Waals surface area (Å²) in [4.78, 5) is 13.3. The Hall–Kier alpha value is -1.03. The van der Waals surface area contributed by atoms with Crippen molar-refractivity contribution in [1.82, 2.24) is 4.90 Å². The highest BCUT2D eigenvalue weighted by atomic mass is 16.6. The van der Waals surface area contributed by atoms with Crippen LogP contribution in [0.2, 0.25) is 0 Å². The van der Waals surface area contributed by atoms with E-state index < -0.39 is 5.60 Å². The van der Waals surface area contributed by atoms with E-state index >= 15 is 0 Å². The van der Waals surface area contributed by atoms with Crippen LogP contribution in [0.15, 0.2) is 11.6 Å². The van der Waals surface area contributed by atoms with Gasteiger partial charge in [-0.05, 0) is 27.2 Å². The van der Waals surface area contributed by atoms with Crippen molar-refractivity contribution in [3.05, 3.63) is 11.6 Å². The van der Waals surface area contributed by atoms with Gasteiger partial charge in [-0.3, -0.25) is 0 Å². The van der Waals surface area contributed by atoms with Crippen molar-refractivity contribution >= 4 is 6.09 Å². The lowest BCUT2D eigenvalue weighted by Gasteiger charge is -2.23. The summed E-state index contributed by atoms with van der Waals surface area (Å²) in [6.07, 6.45) is 2.31. The minimum Gasteiger partial charge on any atom is -0.444 e. The fourth-order valence-electron chi connectivity index (χ4n) is 1.46. The monoisotopic (exact) mass is 213 g/mol. The van der Waals surface area contributed by atoms with Gasteiger partial charge in [-0.25, -0.2) is 4.79 Å². The Labute approximate surface area is 90.5 Å². The van der Waals surface area contributed by atoms with Crippen LogP contribution < -0.4 is 0 Å². The second-order valence-corrected chi connectivity index (χ2v) is 4.70. The number of hydrogen-bond donors (Lipinski definition) is 1. The van der Waals surface area contributed by atoms with Gasteiger partial charge in [0, 0.05) is 13.1 Å². The van der Waals surface area contributed by atoms with E-state index in [1.54, 1.807) is 11.0 Å². The van der Waals surface area contributed by atoms with Crippen molar-refractivity contribution in [2.75, 3.05) is 19.7 Å². The van der Waals surface area contributed by atoms with Crippen LogP contribution in [0.1, 0.15) is 27.2 Å². The molecule has 1 amide bonds. The fraction of sp³-hybridized carbons (Fsp3) is 0.727. The quantitative estimate of drug-likeness (QED) is 0.672. The van der Waals surface area contributed by atoms with Crippen LogP contribution in [0.5, 0.6) is 0 Å². The highest BCUT2D eigenvalue weighted by molar-refractivity contribution is 5.69. The number of carbonyl (C=O) groups excluding carboxylic acids is 1. The second-order valence-electron chi connectivity index (χ2n) is 4.70. The van der Waals surface area contributed by atoms with Crippen LogP contribution in [0.25, 0.3) is 0 Å². The molecule has 0 spiro atoms. The van der Waals surface area contributed by atoms with E-state index in [0.29, 0.717) is 13.1 Å². The molecule has 0 unspecified atom stereocenters. The minimum absolute atomic E-state index is 0.0392. The van der Waals surface area contributed by atoms with Gasteiger partial charge < -0.3 is 14.7 Å². The Morgan fingerprint density at radius 3 is 2.80 bits per heavy atom. The van der Waals surface area contributed by atoms with Gasteiger partial charge >= 0.3 is 6.09 Å². The molecule has 1 heterocycles. The summed E-state index contributed by atoms with van der Waals surface area (Å²) in [5.74, 6) is 0. The van der Waals surface area contributed by atoms with Gasteiger partial charge in [0.1, 0.15) is 5.60 Å². The maximum absolute atomic E-state index is 11.6. The van der Waals surface area contributed by atoms with Crippen LogP contribution in [-0.4, -0.2) is 41.4 Å². The predicted molar refractivity (Wildman–Crippen MR) is 57.6 cm³/mol. The molecule has 1 N–H and O–H groups in total. The van der Waals surface area contributed by atoms with Gasteiger partial charge in [-0.2, -0.15) is 0 Å². The zero-order valence-corrected chi connectivity index (χ0v) is 9.62. The molecule has 86 valence electrons. The maximum Gasteiger partial charge on any atom is 0.410 e. The molecule has 1 rings (SSSR count). The van der Waals surface area contributed by atoms with Gasteiger partial charge in [-0.1, -0.05) is 11.6 Å². The van der Waals surface area contributed by atoms with Crippen LogP contribution >= 0.6 is 0 Å². The Bertz CT molecular complexity index is 265. The number of likely N-dealkylation sites (tertiary alicyclic amines) is 1. The van der Waals surface area contributed by atoms with E-state index in [0.717, 1.165) is 12.0 Å². The minimum atomic E-state index is -0.444.